The van der Waals surface area contributed by atoms with Crippen LogP contribution in [0.5, 0.6) is 0 Å². The minimum absolute atomic E-state index is 0.0293. The fourth-order valence-corrected chi connectivity index (χ4v) is 1.88. The Bertz CT molecular complexity index is 621. The van der Waals surface area contributed by atoms with Crippen LogP contribution in [0.3, 0.4) is 0 Å². The van der Waals surface area contributed by atoms with Crippen molar-refractivity contribution in [2.24, 2.45) is 0 Å². The molecule has 21 heavy (non-hydrogen) atoms. The Hall–Kier alpha value is -2.09. The molecule has 0 saturated carbocycles. The maximum atomic E-state index is 12.8. The first kappa shape index (κ1) is 15.3. The van der Waals surface area contributed by atoms with Crippen molar-refractivity contribution in [3.63, 3.8) is 0 Å². The molecule has 0 aliphatic heterocycles. The van der Waals surface area contributed by atoms with Crippen LogP contribution in [0, 0.1) is 0 Å². The zero-order valence-electron chi connectivity index (χ0n) is 11.4. The molecule has 0 aliphatic carbocycles. The van der Waals surface area contributed by atoms with Gasteiger partial charge in [-0.05, 0) is 24.6 Å². The number of hydrogen-bond acceptors (Lipinski definition) is 5. The Balaban J connectivity index is 2.41. The summed E-state index contributed by atoms with van der Waals surface area (Å²) in [7, 11) is 1.49. The molecule has 1 atom stereocenters. The third-order valence-electron chi connectivity index (χ3n) is 2.91. The van der Waals surface area contributed by atoms with Crippen LogP contribution < -0.4 is 5.73 Å². The number of alkyl halides is 3. The molecule has 0 saturated heterocycles. The summed E-state index contributed by atoms with van der Waals surface area (Å²) in [6.45, 7) is 1.87. The van der Waals surface area contributed by atoms with E-state index in [0.717, 1.165) is 12.1 Å². The summed E-state index contributed by atoms with van der Waals surface area (Å²) in [4.78, 5) is 4.06. The van der Waals surface area contributed by atoms with Gasteiger partial charge in [-0.3, -0.25) is 0 Å². The van der Waals surface area contributed by atoms with Gasteiger partial charge in [0.05, 0.1) is 5.56 Å². The number of benzene rings is 1. The number of nitrogen functional groups attached to an aromatic ring is 1. The Morgan fingerprint density at radius 2 is 2.05 bits per heavy atom. The third-order valence-corrected chi connectivity index (χ3v) is 2.91. The average Bonchev–Trinajstić information content (AvgIpc) is 2.88. The smallest absolute Gasteiger partial charge is 0.399 e. The van der Waals surface area contributed by atoms with Crippen LogP contribution in [0.1, 0.15) is 30.8 Å². The molecule has 0 radical (unpaired) electrons. The highest BCUT2D eigenvalue weighted by atomic mass is 19.4. The monoisotopic (exact) mass is 301 g/mol. The first-order valence-corrected chi connectivity index (χ1v) is 6.19. The summed E-state index contributed by atoms with van der Waals surface area (Å²) in [6, 6.07) is 3.12. The molecule has 2 aromatic rings. The van der Waals surface area contributed by atoms with Gasteiger partial charge in [0.2, 0.25) is 5.82 Å². The molecule has 8 heteroatoms. The van der Waals surface area contributed by atoms with Crippen LogP contribution in [0.4, 0.5) is 18.9 Å². The summed E-state index contributed by atoms with van der Waals surface area (Å²) in [5, 5.41) is 3.72. The van der Waals surface area contributed by atoms with Crippen LogP contribution in [0.2, 0.25) is 0 Å². The van der Waals surface area contributed by atoms with Crippen molar-refractivity contribution in [2.45, 2.75) is 25.6 Å². The minimum Gasteiger partial charge on any atom is -0.399 e. The van der Waals surface area contributed by atoms with Crippen molar-refractivity contribution in [1.29, 1.82) is 0 Å². The maximum Gasteiger partial charge on any atom is 0.416 e. The Kier molecular flexibility index (Phi) is 4.17. The van der Waals surface area contributed by atoms with Gasteiger partial charge in [0.1, 0.15) is 6.10 Å². The molecular formula is C13H14F3N3O2. The summed E-state index contributed by atoms with van der Waals surface area (Å²) >= 11 is 0. The zero-order chi connectivity index (χ0) is 15.6. The Morgan fingerprint density at radius 1 is 1.33 bits per heavy atom. The van der Waals surface area contributed by atoms with E-state index in [1.54, 1.807) is 0 Å². The molecule has 1 aromatic carbocycles. The highest BCUT2D eigenvalue weighted by molar-refractivity contribution is 5.62. The van der Waals surface area contributed by atoms with Crippen molar-refractivity contribution >= 4 is 5.69 Å². The zero-order valence-corrected chi connectivity index (χ0v) is 11.4. The molecule has 1 aromatic heterocycles. The molecule has 0 bridgehead atoms. The Labute approximate surface area is 118 Å². The summed E-state index contributed by atoms with van der Waals surface area (Å²) in [5.41, 5.74) is 4.72. The van der Waals surface area contributed by atoms with E-state index >= 15 is 0 Å². The number of hydrogen-bond donors (Lipinski definition) is 1. The van der Waals surface area contributed by atoms with Gasteiger partial charge in [0, 0.05) is 18.4 Å². The lowest BCUT2D eigenvalue weighted by Gasteiger charge is -2.08. The summed E-state index contributed by atoms with van der Waals surface area (Å²) < 4.78 is 48.4. The third kappa shape index (κ3) is 3.33. The second-order valence-corrected chi connectivity index (χ2v) is 4.43. The summed E-state index contributed by atoms with van der Waals surface area (Å²) in [6.07, 6.45) is -4.25. The van der Waals surface area contributed by atoms with Gasteiger partial charge >= 0.3 is 6.18 Å². The van der Waals surface area contributed by atoms with E-state index in [9.17, 15) is 13.2 Å². The lowest BCUT2D eigenvalue weighted by Crippen LogP contribution is -2.06. The van der Waals surface area contributed by atoms with Crippen LogP contribution in [-0.2, 0) is 10.9 Å². The fourth-order valence-electron chi connectivity index (χ4n) is 1.88. The highest BCUT2D eigenvalue weighted by Gasteiger charge is 2.31. The number of aromatic nitrogens is 2. The molecule has 2 N–H and O–H groups in total. The van der Waals surface area contributed by atoms with Crippen LogP contribution in [0.25, 0.3) is 11.5 Å². The number of methoxy groups -OCH3 is 1. The van der Waals surface area contributed by atoms with Gasteiger partial charge < -0.3 is 15.0 Å². The number of nitrogens with zero attached hydrogens (tertiary/aromatic N) is 2. The lowest BCUT2D eigenvalue weighted by molar-refractivity contribution is -0.137. The number of ether oxygens (including phenoxy) is 1. The van der Waals surface area contributed by atoms with Crippen LogP contribution >= 0.6 is 0 Å². The molecule has 114 valence electrons. The van der Waals surface area contributed by atoms with E-state index in [-0.39, 0.29) is 29.1 Å². The molecular weight excluding hydrogens is 287 g/mol. The van der Waals surface area contributed by atoms with E-state index in [1.807, 2.05) is 6.92 Å². The van der Waals surface area contributed by atoms with E-state index in [4.69, 9.17) is 15.0 Å². The SMILES string of the molecule is CCC(OC)c1noc(-c2cc(N)cc(C(F)(F)F)c2)n1. The first-order valence-electron chi connectivity index (χ1n) is 6.19. The minimum atomic E-state index is -4.49. The Morgan fingerprint density at radius 3 is 2.62 bits per heavy atom. The molecule has 0 spiro atoms. The van der Waals surface area contributed by atoms with Gasteiger partial charge in [0.25, 0.3) is 5.89 Å². The topological polar surface area (TPSA) is 74.2 Å². The number of anilines is 1. The van der Waals surface area contributed by atoms with Crippen molar-refractivity contribution in [3.8, 4) is 11.5 Å². The lowest BCUT2D eigenvalue weighted by atomic mass is 10.1. The van der Waals surface area contributed by atoms with Gasteiger partial charge in [-0.1, -0.05) is 12.1 Å². The van der Waals surface area contributed by atoms with Crippen molar-refractivity contribution < 1.29 is 22.4 Å². The second kappa shape index (κ2) is 5.72. The standard InChI is InChI=1S/C13H14F3N3O2/c1-3-10(20-2)11-18-12(21-19-11)7-4-8(13(14,15)16)6-9(17)5-7/h4-6,10H,3,17H2,1-2H3. The molecule has 2 rings (SSSR count). The number of halogens is 3. The molecule has 1 heterocycles. The van der Waals surface area contributed by atoms with Gasteiger partial charge in [-0.25, -0.2) is 0 Å². The van der Waals surface area contributed by atoms with E-state index in [2.05, 4.69) is 10.1 Å². The van der Waals surface area contributed by atoms with Crippen molar-refractivity contribution in [3.05, 3.63) is 29.6 Å². The van der Waals surface area contributed by atoms with Crippen LogP contribution in [-0.4, -0.2) is 17.3 Å². The van der Waals surface area contributed by atoms with E-state index in [0.29, 0.717) is 6.42 Å². The molecule has 0 fully saturated rings. The molecule has 0 amide bonds. The largest absolute Gasteiger partial charge is 0.416 e. The molecule has 0 aliphatic rings. The highest BCUT2D eigenvalue weighted by Crippen LogP contribution is 2.34. The van der Waals surface area contributed by atoms with E-state index in [1.165, 1.54) is 13.2 Å². The van der Waals surface area contributed by atoms with Crippen molar-refractivity contribution in [2.75, 3.05) is 12.8 Å². The van der Waals surface area contributed by atoms with E-state index < -0.39 is 11.7 Å². The quantitative estimate of drug-likeness (QED) is 0.876. The van der Waals surface area contributed by atoms with Crippen LogP contribution in [0.15, 0.2) is 22.7 Å². The summed E-state index contributed by atoms with van der Waals surface area (Å²) in [5.74, 6) is 0.254. The van der Waals surface area contributed by atoms with Gasteiger partial charge in [-0.15, -0.1) is 0 Å². The predicted octanol–water partition coefficient (Wildman–Crippen LogP) is 3.44. The van der Waals surface area contributed by atoms with Crippen molar-refractivity contribution in [1.82, 2.24) is 10.1 Å². The average molecular weight is 301 g/mol. The second-order valence-electron chi connectivity index (χ2n) is 4.43. The van der Waals surface area contributed by atoms with Gasteiger partial charge in [0.15, 0.2) is 0 Å². The fraction of sp³-hybridized carbons (Fsp3) is 0.385. The maximum absolute atomic E-state index is 12.8. The predicted molar refractivity (Wildman–Crippen MR) is 69.2 cm³/mol. The first-order chi connectivity index (χ1) is 9.85. The number of rotatable bonds is 4. The number of nitrogens with two attached hydrogens (primary N) is 1. The normalized spacial score (nSPS) is 13.4. The van der Waals surface area contributed by atoms with Gasteiger partial charge in [-0.2, -0.15) is 18.2 Å². The molecule has 1 unspecified atom stereocenters. The molecule has 5 nitrogen and oxygen atoms in total.